The number of anilines is 1. The van der Waals surface area contributed by atoms with E-state index in [0.29, 0.717) is 6.04 Å². The van der Waals surface area contributed by atoms with Crippen LogP contribution >= 0.6 is 0 Å². The minimum absolute atomic E-state index is 0.713. The number of nitrogens with two attached hydrogens (primary N) is 1. The number of rotatable bonds is 3. The Kier molecular flexibility index (Phi) is 4.01. The van der Waals surface area contributed by atoms with Gasteiger partial charge in [-0.15, -0.1) is 0 Å². The van der Waals surface area contributed by atoms with Gasteiger partial charge >= 0.3 is 0 Å². The first-order valence-corrected chi connectivity index (χ1v) is 7.20. The molecule has 4 heteroatoms. The molecule has 0 amide bonds. The van der Waals surface area contributed by atoms with Crippen molar-refractivity contribution >= 4 is 5.69 Å². The van der Waals surface area contributed by atoms with E-state index in [9.17, 15) is 0 Å². The van der Waals surface area contributed by atoms with E-state index < -0.39 is 0 Å². The van der Waals surface area contributed by atoms with Crippen molar-refractivity contribution in [3.63, 3.8) is 0 Å². The maximum atomic E-state index is 5.84. The van der Waals surface area contributed by atoms with Crippen molar-refractivity contribution in [1.82, 2.24) is 9.80 Å². The Balaban J connectivity index is 1.54. The first-order chi connectivity index (χ1) is 9.31. The molecule has 2 heterocycles. The molecule has 2 aliphatic heterocycles. The van der Waals surface area contributed by atoms with Gasteiger partial charge in [0, 0.05) is 44.5 Å². The molecule has 1 aromatic rings. The zero-order chi connectivity index (χ0) is 13.1. The number of nitrogens with zero attached hydrogens (tertiary/aromatic N) is 2. The van der Waals surface area contributed by atoms with Gasteiger partial charge in [0.25, 0.3) is 0 Å². The molecule has 19 heavy (non-hydrogen) atoms. The van der Waals surface area contributed by atoms with Crippen LogP contribution in [0.1, 0.15) is 12.0 Å². The smallest absolute Gasteiger partial charge is 0.0594 e. The first-order valence-electron chi connectivity index (χ1n) is 7.20. The molecule has 0 saturated carbocycles. The summed E-state index contributed by atoms with van der Waals surface area (Å²) >= 11 is 0. The quantitative estimate of drug-likeness (QED) is 0.830. The summed E-state index contributed by atoms with van der Waals surface area (Å²) in [6, 6.07) is 8.95. The van der Waals surface area contributed by atoms with Crippen LogP contribution in [0.3, 0.4) is 0 Å². The van der Waals surface area contributed by atoms with Crippen LogP contribution in [0.4, 0.5) is 5.69 Å². The normalized spacial score (nSPS) is 25.8. The van der Waals surface area contributed by atoms with Crippen LogP contribution in [0.25, 0.3) is 0 Å². The van der Waals surface area contributed by atoms with Crippen molar-refractivity contribution in [3.05, 3.63) is 29.8 Å². The molecule has 2 N–H and O–H groups in total. The second kappa shape index (κ2) is 5.90. The highest BCUT2D eigenvalue weighted by atomic mass is 16.5. The second-order valence-electron chi connectivity index (χ2n) is 5.57. The summed E-state index contributed by atoms with van der Waals surface area (Å²) in [7, 11) is 0. The molecule has 2 saturated heterocycles. The molecule has 0 spiro atoms. The fourth-order valence-electron chi connectivity index (χ4n) is 3.15. The Hall–Kier alpha value is -1.10. The molecule has 0 aromatic heterocycles. The minimum Gasteiger partial charge on any atom is -0.399 e. The third-order valence-corrected chi connectivity index (χ3v) is 4.17. The van der Waals surface area contributed by atoms with Crippen LogP contribution in [0, 0.1) is 0 Å². The number of benzene rings is 1. The summed E-state index contributed by atoms with van der Waals surface area (Å²) < 4.78 is 5.43. The molecule has 2 aliphatic rings. The molecular formula is C15H23N3O. The van der Waals surface area contributed by atoms with E-state index in [-0.39, 0.29) is 0 Å². The Morgan fingerprint density at radius 1 is 1.21 bits per heavy atom. The lowest BCUT2D eigenvalue weighted by Crippen LogP contribution is -2.44. The maximum absolute atomic E-state index is 5.84. The summed E-state index contributed by atoms with van der Waals surface area (Å²) in [6.07, 6.45) is 1.28. The predicted molar refractivity (Wildman–Crippen MR) is 76.9 cm³/mol. The van der Waals surface area contributed by atoms with Crippen LogP contribution in [-0.4, -0.2) is 55.2 Å². The molecule has 0 radical (unpaired) electrons. The molecule has 3 rings (SSSR count). The summed E-state index contributed by atoms with van der Waals surface area (Å²) in [5, 5.41) is 0. The van der Waals surface area contributed by atoms with Gasteiger partial charge in [0.2, 0.25) is 0 Å². The Bertz CT molecular complexity index is 418. The third-order valence-electron chi connectivity index (χ3n) is 4.17. The van der Waals surface area contributed by atoms with Crippen molar-refractivity contribution in [3.8, 4) is 0 Å². The van der Waals surface area contributed by atoms with E-state index in [4.69, 9.17) is 10.5 Å². The van der Waals surface area contributed by atoms with Gasteiger partial charge in [0.05, 0.1) is 13.2 Å². The van der Waals surface area contributed by atoms with Gasteiger partial charge < -0.3 is 10.5 Å². The topological polar surface area (TPSA) is 41.7 Å². The lowest BCUT2D eigenvalue weighted by Gasteiger charge is -2.32. The van der Waals surface area contributed by atoms with Crippen LogP contribution in [0.2, 0.25) is 0 Å². The molecule has 104 valence electrons. The molecule has 2 fully saturated rings. The lowest BCUT2D eigenvalue weighted by molar-refractivity contribution is 0.0184. The van der Waals surface area contributed by atoms with Gasteiger partial charge in [-0.25, -0.2) is 0 Å². The van der Waals surface area contributed by atoms with Crippen molar-refractivity contribution in [1.29, 1.82) is 0 Å². The Labute approximate surface area is 115 Å². The highest BCUT2D eigenvalue weighted by Gasteiger charge is 2.28. The highest BCUT2D eigenvalue weighted by molar-refractivity contribution is 5.40. The average molecular weight is 261 g/mol. The molecule has 4 nitrogen and oxygen atoms in total. The number of ether oxygens (including phenoxy) is 1. The van der Waals surface area contributed by atoms with Gasteiger partial charge in [-0.05, 0) is 24.1 Å². The maximum Gasteiger partial charge on any atom is 0.0594 e. The van der Waals surface area contributed by atoms with Gasteiger partial charge in [-0.2, -0.15) is 0 Å². The molecular weight excluding hydrogens is 238 g/mol. The van der Waals surface area contributed by atoms with Crippen molar-refractivity contribution in [2.45, 2.75) is 19.0 Å². The van der Waals surface area contributed by atoms with E-state index >= 15 is 0 Å². The second-order valence-corrected chi connectivity index (χ2v) is 5.57. The van der Waals surface area contributed by atoms with Crippen molar-refractivity contribution in [2.75, 3.05) is 45.1 Å². The number of hydrogen-bond donors (Lipinski definition) is 1. The summed E-state index contributed by atoms with van der Waals surface area (Å²) in [5.74, 6) is 0. The molecule has 1 unspecified atom stereocenters. The van der Waals surface area contributed by atoms with Gasteiger partial charge in [0.15, 0.2) is 0 Å². The summed E-state index contributed by atoms with van der Waals surface area (Å²) in [4.78, 5) is 5.12. The zero-order valence-electron chi connectivity index (χ0n) is 11.4. The Morgan fingerprint density at radius 3 is 2.84 bits per heavy atom. The lowest BCUT2D eigenvalue weighted by atomic mass is 10.2. The van der Waals surface area contributed by atoms with Crippen LogP contribution in [-0.2, 0) is 11.3 Å². The van der Waals surface area contributed by atoms with Gasteiger partial charge in [0.1, 0.15) is 0 Å². The van der Waals surface area contributed by atoms with Gasteiger partial charge in [-0.1, -0.05) is 12.1 Å². The van der Waals surface area contributed by atoms with E-state index in [2.05, 4.69) is 21.9 Å². The fourth-order valence-corrected chi connectivity index (χ4v) is 3.15. The van der Waals surface area contributed by atoms with E-state index in [1.165, 1.54) is 25.1 Å². The fraction of sp³-hybridized carbons (Fsp3) is 0.600. The number of likely N-dealkylation sites (tertiary alicyclic amines) is 1. The highest BCUT2D eigenvalue weighted by Crippen LogP contribution is 2.19. The van der Waals surface area contributed by atoms with Crippen LogP contribution < -0.4 is 5.73 Å². The average Bonchev–Trinajstić information content (AvgIpc) is 2.88. The SMILES string of the molecule is Nc1cccc(CN2CCC(N3CCOCC3)C2)c1. The minimum atomic E-state index is 0.713. The third kappa shape index (κ3) is 3.26. The summed E-state index contributed by atoms with van der Waals surface area (Å²) in [5.41, 5.74) is 8.02. The number of hydrogen-bond acceptors (Lipinski definition) is 4. The van der Waals surface area contributed by atoms with Crippen molar-refractivity contribution in [2.24, 2.45) is 0 Å². The molecule has 1 aromatic carbocycles. The molecule has 0 aliphatic carbocycles. The molecule has 0 bridgehead atoms. The van der Waals surface area contributed by atoms with E-state index in [1.807, 2.05) is 12.1 Å². The van der Waals surface area contributed by atoms with Crippen LogP contribution in [0.5, 0.6) is 0 Å². The number of nitrogen functional groups attached to an aromatic ring is 1. The van der Waals surface area contributed by atoms with Crippen molar-refractivity contribution < 1.29 is 4.74 Å². The Morgan fingerprint density at radius 2 is 2.05 bits per heavy atom. The van der Waals surface area contributed by atoms with E-state index in [1.54, 1.807) is 0 Å². The zero-order valence-corrected chi connectivity index (χ0v) is 11.4. The summed E-state index contributed by atoms with van der Waals surface area (Å²) in [6.45, 7) is 7.36. The van der Waals surface area contributed by atoms with E-state index in [0.717, 1.165) is 38.5 Å². The van der Waals surface area contributed by atoms with Crippen LogP contribution in [0.15, 0.2) is 24.3 Å². The predicted octanol–water partition coefficient (Wildman–Crippen LogP) is 1.18. The monoisotopic (exact) mass is 261 g/mol. The largest absolute Gasteiger partial charge is 0.399 e. The molecule has 1 atom stereocenters. The number of morpholine rings is 1. The van der Waals surface area contributed by atoms with Gasteiger partial charge in [-0.3, -0.25) is 9.80 Å². The standard InChI is InChI=1S/C15H23N3O/c16-14-3-1-2-13(10-14)11-17-5-4-15(12-17)18-6-8-19-9-7-18/h1-3,10,15H,4-9,11-12,16H2. The first kappa shape index (κ1) is 12.9.